The van der Waals surface area contributed by atoms with E-state index in [1.165, 1.54) is 12.3 Å². The summed E-state index contributed by atoms with van der Waals surface area (Å²) in [5.41, 5.74) is 0.895. The lowest BCUT2D eigenvalue weighted by Crippen LogP contribution is -1.91. The van der Waals surface area contributed by atoms with Crippen molar-refractivity contribution in [3.63, 3.8) is 0 Å². The van der Waals surface area contributed by atoms with Crippen LogP contribution in [0.2, 0.25) is 10.0 Å². The molecule has 3 rings (SSSR count). The molecule has 3 aromatic rings. The molecule has 0 unspecified atom stereocenters. The zero-order valence-corrected chi connectivity index (χ0v) is 12.4. The van der Waals surface area contributed by atoms with Gasteiger partial charge in [0.25, 0.3) is 0 Å². The summed E-state index contributed by atoms with van der Waals surface area (Å²) in [5.74, 6) is 0.120. The van der Waals surface area contributed by atoms with Crippen molar-refractivity contribution in [2.45, 2.75) is 0 Å². The first-order valence-electron chi connectivity index (χ1n) is 6.28. The number of carbonyl (C=O) groups excluding carboxylic acids is 1. The third kappa shape index (κ3) is 3.02. The number of hydrogen-bond acceptors (Lipinski definition) is 2. The number of carbonyl (C=O) groups is 1. The van der Waals surface area contributed by atoms with E-state index in [1.807, 2.05) is 12.1 Å². The summed E-state index contributed by atoms with van der Waals surface area (Å²) >= 11 is 11.7. The Morgan fingerprint density at radius 1 is 1.00 bits per heavy atom. The van der Waals surface area contributed by atoms with Crippen LogP contribution in [0.4, 0.5) is 0 Å². The molecule has 0 bridgehead atoms. The second kappa shape index (κ2) is 5.76. The zero-order chi connectivity index (χ0) is 14.8. The predicted molar refractivity (Wildman–Crippen MR) is 86.0 cm³/mol. The van der Waals surface area contributed by atoms with E-state index in [9.17, 15) is 4.79 Å². The van der Waals surface area contributed by atoms with E-state index in [-0.39, 0.29) is 5.78 Å². The van der Waals surface area contributed by atoms with Gasteiger partial charge < -0.3 is 4.42 Å². The van der Waals surface area contributed by atoms with Crippen LogP contribution in [0.5, 0.6) is 0 Å². The average molecular weight is 317 g/mol. The molecule has 0 aliphatic carbocycles. The SMILES string of the molecule is O=C(C=Cc1ccc(Cl)cc1)c1occ2cc(Cl)ccc12. The number of furan rings is 1. The monoisotopic (exact) mass is 316 g/mol. The molecule has 2 aromatic carbocycles. The van der Waals surface area contributed by atoms with Crippen LogP contribution in [-0.2, 0) is 0 Å². The molecule has 0 radical (unpaired) electrons. The number of benzene rings is 2. The Morgan fingerprint density at radius 2 is 1.71 bits per heavy atom. The molecule has 1 aromatic heterocycles. The molecule has 1 heterocycles. The van der Waals surface area contributed by atoms with E-state index in [0.29, 0.717) is 15.8 Å². The third-order valence-corrected chi connectivity index (χ3v) is 3.57. The van der Waals surface area contributed by atoms with E-state index in [1.54, 1.807) is 36.4 Å². The number of ketones is 1. The maximum atomic E-state index is 12.2. The molecule has 0 N–H and O–H groups in total. The normalized spacial score (nSPS) is 11.3. The highest BCUT2D eigenvalue weighted by atomic mass is 35.5. The second-order valence-electron chi connectivity index (χ2n) is 4.55. The van der Waals surface area contributed by atoms with Crippen LogP contribution in [0, 0.1) is 0 Å². The van der Waals surface area contributed by atoms with Crippen LogP contribution in [0.15, 0.2) is 59.2 Å². The highest BCUT2D eigenvalue weighted by Gasteiger charge is 2.12. The van der Waals surface area contributed by atoms with Crippen molar-refractivity contribution in [3.8, 4) is 0 Å². The number of rotatable bonds is 3. The molecule has 0 spiro atoms. The van der Waals surface area contributed by atoms with E-state index < -0.39 is 0 Å². The number of fused-ring (bicyclic) bond motifs is 1. The largest absolute Gasteiger partial charge is 0.460 e. The van der Waals surface area contributed by atoms with Crippen molar-refractivity contribution in [1.29, 1.82) is 0 Å². The number of hydrogen-bond donors (Lipinski definition) is 0. The van der Waals surface area contributed by atoms with Gasteiger partial charge in [-0.15, -0.1) is 0 Å². The molecule has 0 saturated carbocycles. The minimum absolute atomic E-state index is 0.192. The summed E-state index contributed by atoms with van der Waals surface area (Å²) in [7, 11) is 0. The second-order valence-corrected chi connectivity index (χ2v) is 5.42. The molecular weight excluding hydrogens is 307 g/mol. The van der Waals surface area contributed by atoms with Gasteiger partial charge in [0.2, 0.25) is 5.78 Å². The van der Waals surface area contributed by atoms with E-state index in [4.69, 9.17) is 27.6 Å². The first-order valence-corrected chi connectivity index (χ1v) is 7.04. The van der Waals surface area contributed by atoms with Gasteiger partial charge >= 0.3 is 0 Å². The molecular formula is C17H10Cl2O2. The maximum absolute atomic E-state index is 12.2. The third-order valence-electron chi connectivity index (χ3n) is 3.08. The first kappa shape index (κ1) is 13.9. The predicted octanol–water partition coefficient (Wildman–Crippen LogP) is 5.64. The molecule has 0 amide bonds. The van der Waals surface area contributed by atoms with Gasteiger partial charge in [-0.05, 0) is 42.0 Å². The molecule has 2 nitrogen and oxygen atoms in total. The summed E-state index contributed by atoms with van der Waals surface area (Å²) in [6, 6.07) is 12.5. The van der Waals surface area contributed by atoms with Gasteiger partial charge in [0, 0.05) is 20.8 Å². The standard InChI is InChI=1S/C17H10Cl2O2/c18-13-4-1-11(2-5-13)3-8-16(20)17-15-7-6-14(19)9-12(15)10-21-17/h1-10H. The Labute approximate surface area is 131 Å². The highest BCUT2D eigenvalue weighted by Crippen LogP contribution is 2.25. The van der Waals surface area contributed by atoms with Crippen molar-refractivity contribution < 1.29 is 9.21 Å². The summed E-state index contributed by atoms with van der Waals surface area (Å²) in [5, 5.41) is 2.84. The smallest absolute Gasteiger partial charge is 0.221 e. The molecule has 4 heteroatoms. The van der Waals surface area contributed by atoms with E-state index in [2.05, 4.69) is 0 Å². The topological polar surface area (TPSA) is 30.2 Å². The molecule has 0 atom stereocenters. The van der Waals surface area contributed by atoms with Gasteiger partial charge in [-0.25, -0.2) is 0 Å². The van der Waals surface area contributed by atoms with E-state index in [0.717, 1.165) is 16.3 Å². The summed E-state index contributed by atoms with van der Waals surface area (Å²) in [6.45, 7) is 0. The minimum Gasteiger partial charge on any atom is -0.460 e. The Kier molecular flexibility index (Phi) is 3.82. The number of allylic oxidation sites excluding steroid dienone is 1. The van der Waals surface area contributed by atoms with Gasteiger partial charge in [-0.3, -0.25) is 4.79 Å². The van der Waals surface area contributed by atoms with Crippen LogP contribution in [0.1, 0.15) is 16.1 Å². The fourth-order valence-corrected chi connectivity index (χ4v) is 2.34. The average Bonchev–Trinajstić information content (AvgIpc) is 2.89. The fraction of sp³-hybridized carbons (Fsp3) is 0. The zero-order valence-electron chi connectivity index (χ0n) is 10.8. The van der Waals surface area contributed by atoms with Crippen LogP contribution in [0.25, 0.3) is 16.8 Å². The summed E-state index contributed by atoms with van der Waals surface area (Å²) in [4.78, 5) is 12.2. The fourth-order valence-electron chi connectivity index (χ4n) is 2.04. The van der Waals surface area contributed by atoms with Crippen LogP contribution in [0.3, 0.4) is 0 Å². The Hall–Kier alpha value is -2.03. The summed E-state index contributed by atoms with van der Waals surface area (Å²) < 4.78 is 5.36. The van der Waals surface area contributed by atoms with Crippen LogP contribution >= 0.6 is 23.2 Å². The number of halogens is 2. The van der Waals surface area contributed by atoms with Crippen LogP contribution < -0.4 is 0 Å². The maximum Gasteiger partial charge on any atom is 0.221 e. The van der Waals surface area contributed by atoms with Gasteiger partial charge in [0.15, 0.2) is 5.76 Å². The molecule has 21 heavy (non-hydrogen) atoms. The lowest BCUT2D eigenvalue weighted by atomic mass is 10.1. The molecule has 0 fully saturated rings. The van der Waals surface area contributed by atoms with Gasteiger partial charge in [0.1, 0.15) is 0 Å². The van der Waals surface area contributed by atoms with Gasteiger partial charge in [0.05, 0.1) is 6.26 Å². The minimum atomic E-state index is -0.192. The lowest BCUT2D eigenvalue weighted by molar-refractivity contribution is 0.102. The molecule has 0 aliphatic heterocycles. The Balaban J connectivity index is 1.88. The quantitative estimate of drug-likeness (QED) is 0.462. The Bertz CT molecular complexity index is 830. The van der Waals surface area contributed by atoms with Crippen molar-refractivity contribution in [3.05, 3.63) is 76.2 Å². The highest BCUT2D eigenvalue weighted by molar-refractivity contribution is 6.31. The van der Waals surface area contributed by atoms with Crippen molar-refractivity contribution in [2.75, 3.05) is 0 Å². The van der Waals surface area contributed by atoms with Crippen molar-refractivity contribution >= 4 is 45.8 Å². The van der Waals surface area contributed by atoms with Crippen molar-refractivity contribution in [2.24, 2.45) is 0 Å². The molecule has 0 aliphatic rings. The lowest BCUT2D eigenvalue weighted by Gasteiger charge is -1.95. The molecule has 0 saturated heterocycles. The first-order chi connectivity index (χ1) is 10.1. The van der Waals surface area contributed by atoms with Gasteiger partial charge in [-0.2, -0.15) is 0 Å². The van der Waals surface area contributed by atoms with Crippen LogP contribution in [-0.4, -0.2) is 5.78 Å². The van der Waals surface area contributed by atoms with Crippen molar-refractivity contribution in [1.82, 2.24) is 0 Å². The molecule has 104 valence electrons. The van der Waals surface area contributed by atoms with E-state index >= 15 is 0 Å². The Morgan fingerprint density at radius 3 is 2.48 bits per heavy atom. The van der Waals surface area contributed by atoms with Gasteiger partial charge in [-0.1, -0.05) is 41.4 Å². The summed E-state index contributed by atoms with van der Waals surface area (Å²) in [6.07, 6.45) is 4.74.